The van der Waals surface area contributed by atoms with Crippen molar-refractivity contribution in [2.24, 2.45) is 4.99 Å². The molecule has 3 N–H and O–H groups in total. The normalized spacial score (nSPS) is 11.9. The number of fused-ring (bicyclic) bond motifs is 1. The van der Waals surface area contributed by atoms with E-state index in [1.165, 1.54) is 34.3 Å². The van der Waals surface area contributed by atoms with Gasteiger partial charge in [0.05, 0.1) is 0 Å². The Morgan fingerprint density at radius 3 is 2.83 bits per heavy atom. The van der Waals surface area contributed by atoms with Gasteiger partial charge < -0.3 is 15.6 Å². The van der Waals surface area contributed by atoms with Crippen LogP contribution < -0.4 is 10.6 Å². The third-order valence-corrected chi connectivity index (χ3v) is 4.76. The average molecular weight is 347 g/mol. The lowest BCUT2D eigenvalue weighted by Gasteiger charge is -2.11. The zero-order chi connectivity index (χ0) is 17.2. The zero-order valence-electron chi connectivity index (χ0n) is 15.1. The molecule has 132 valence electrons. The Kier molecular flexibility index (Phi) is 8.02. The van der Waals surface area contributed by atoms with Crippen LogP contribution in [0, 0.1) is 6.92 Å². The van der Waals surface area contributed by atoms with E-state index in [0.29, 0.717) is 0 Å². The van der Waals surface area contributed by atoms with Gasteiger partial charge in [0.2, 0.25) is 0 Å². The molecule has 1 aromatic heterocycles. The van der Waals surface area contributed by atoms with Crippen molar-refractivity contribution < 1.29 is 0 Å². The first-order valence-corrected chi connectivity index (χ1v) is 10.2. The molecule has 4 nitrogen and oxygen atoms in total. The first-order valence-electron chi connectivity index (χ1n) is 8.83. The molecule has 0 atom stereocenters. The Labute approximate surface area is 149 Å². The predicted molar refractivity (Wildman–Crippen MR) is 108 cm³/mol. The number of nitrogens with zero attached hydrogens (tertiary/aromatic N) is 1. The van der Waals surface area contributed by atoms with Crippen LogP contribution in [-0.2, 0) is 6.42 Å². The minimum atomic E-state index is 0.888. The monoisotopic (exact) mass is 346 g/mol. The van der Waals surface area contributed by atoms with Gasteiger partial charge in [-0.1, -0.05) is 18.2 Å². The summed E-state index contributed by atoms with van der Waals surface area (Å²) in [6.45, 7) is 6.93. The van der Waals surface area contributed by atoms with Gasteiger partial charge in [-0.25, -0.2) is 0 Å². The first kappa shape index (κ1) is 18.7. The molecule has 0 spiro atoms. The van der Waals surface area contributed by atoms with E-state index in [1.54, 1.807) is 0 Å². The summed E-state index contributed by atoms with van der Waals surface area (Å²) in [4.78, 5) is 8.13. The van der Waals surface area contributed by atoms with Crippen LogP contribution in [-0.4, -0.2) is 42.6 Å². The summed E-state index contributed by atoms with van der Waals surface area (Å²) in [5.41, 5.74) is 3.88. The van der Waals surface area contributed by atoms with Crippen molar-refractivity contribution >= 4 is 28.6 Å². The van der Waals surface area contributed by atoms with E-state index in [0.717, 1.165) is 38.4 Å². The molecule has 0 fully saturated rings. The Balaban J connectivity index is 1.87. The molecule has 0 saturated heterocycles. The topological polar surface area (TPSA) is 52.2 Å². The summed E-state index contributed by atoms with van der Waals surface area (Å²) < 4.78 is 0. The molecule has 0 aliphatic carbocycles. The van der Waals surface area contributed by atoms with Crippen LogP contribution >= 0.6 is 11.8 Å². The lowest BCUT2D eigenvalue weighted by atomic mass is 10.1. The molecule has 1 heterocycles. The molecule has 0 bridgehead atoms. The molecule has 24 heavy (non-hydrogen) atoms. The fraction of sp³-hybridized carbons (Fsp3) is 0.526. The van der Waals surface area contributed by atoms with Crippen LogP contribution in [0.15, 0.2) is 29.3 Å². The van der Waals surface area contributed by atoms with Gasteiger partial charge in [0.25, 0.3) is 0 Å². The number of unbranched alkanes of at least 4 members (excludes halogenated alkanes) is 1. The van der Waals surface area contributed by atoms with Crippen molar-refractivity contribution in [2.45, 2.75) is 33.1 Å². The summed E-state index contributed by atoms with van der Waals surface area (Å²) >= 11 is 1.90. The highest BCUT2D eigenvalue weighted by Crippen LogP contribution is 2.21. The van der Waals surface area contributed by atoms with Gasteiger partial charge in [-0.05, 0) is 56.7 Å². The van der Waals surface area contributed by atoms with Crippen molar-refractivity contribution in [1.29, 1.82) is 0 Å². The number of H-pyrrole nitrogens is 1. The predicted octanol–water partition coefficient (Wildman–Crippen LogP) is 3.72. The maximum absolute atomic E-state index is 4.67. The number of hydrogen-bond acceptors (Lipinski definition) is 2. The maximum Gasteiger partial charge on any atom is 0.191 e. The average Bonchev–Trinajstić information content (AvgIpc) is 2.90. The van der Waals surface area contributed by atoms with Crippen molar-refractivity contribution in [3.63, 3.8) is 0 Å². The van der Waals surface area contributed by atoms with Crippen LogP contribution in [0.25, 0.3) is 10.9 Å². The Hall–Kier alpha value is -1.62. The number of aryl methyl sites for hydroxylation is 1. The van der Waals surface area contributed by atoms with E-state index in [2.05, 4.69) is 65.0 Å². The number of hydrogen-bond donors (Lipinski definition) is 3. The minimum Gasteiger partial charge on any atom is -0.358 e. The van der Waals surface area contributed by atoms with Gasteiger partial charge in [-0.2, -0.15) is 11.8 Å². The maximum atomic E-state index is 4.67. The molecular formula is C19H30N4S. The van der Waals surface area contributed by atoms with Crippen LogP contribution in [0.1, 0.15) is 31.0 Å². The quantitative estimate of drug-likeness (QED) is 0.368. The number of rotatable bonds is 9. The Morgan fingerprint density at radius 2 is 2.04 bits per heavy atom. The number of para-hydroxylation sites is 1. The second-order valence-electron chi connectivity index (χ2n) is 5.91. The van der Waals surface area contributed by atoms with Gasteiger partial charge in [-0.15, -0.1) is 0 Å². The van der Waals surface area contributed by atoms with Gasteiger partial charge in [0, 0.05) is 36.2 Å². The summed E-state index contributed by atoms with van der Waals surface area (Å²) in [6, 6.07) is 8.51. The number of nitrogens with one attached hydrogen (secondary N) is 3. The van der Waals surface area contributed by atoms with Gasteiger partial charge in [0.1, 0.15) is 0 Å². The Morgan fingerprint density at radius 1 is 1.21 bits per heavy atom. The van der Waals surface area contributed by atoms with E-state index in [9.17, 15) is 0 Å². The molecule has 1 aromatic carbocycles. The molecule has 2 aromatic rings. The van der Waals surface area contributed by atoms with Crippen molar-refractivity contribution in [3.8, 4) is 0 Å². The number of aromatic amines is 1. The van der Waals surface area contributed by atoms with E-state index >= 15 is 0 Å². The molecule has 0 saturated carbocycles. The van der Waals surface area contributed by atoms with Crippen molar-refractivity contribution in [3.05, 3.63) is 35.5 Å². The molecule has 0 radical (unpaired) electrons. The molecular weight excluding hydrogens is 316 g/mol. The highest BCUT2D eigenvalue weighted by atomic mass is 32.2. The third-order valence-electron chi connectivity index (χ3n) is 4.07. The zero-order valence-corrected chi connectivity index (χ0v) is 15.9. The van der Waals surface area contributed by atoms with Crippen molar-refractivity contribution in [1.82, 2.24) is 15.6 Å². The number of benzene rings is 1. The van der Waals surface area contributed by atoms with Crippen LogP contribution in [0.3, 0.4) is 0 Å². The summed E-state index contributed by atoms with van der Waals surface area (Å²) in [5, 5.41) is 8.12. The minimum absolute atomic E-state index is 0.888. The van der Waals surface area contributed by atoms with Gasteiger partial charge in [-0.3, -0.25) is 4.99 Å². The largest absolute Gasteiger partial charge is 0.358 e. The second-order valence-corrected chi connectivity index (χ2v) is 6.90. The molecule has 5 heteroatoms. The van der Waals surface area contributed by atoms with E-state index in [-0.39, 0.29) is 0 Å². The molecule has 0 unspecified atom stereocenters. The fourth-order valence-electron chi connectivity index (χ4n) is 2.85. The van der Waals surface area contributed by atoms with Gasteiger partial charge >= 0.3 is 0 Å². The van der Waals surface area contributed by atoms with Gasteiger partial charge in [0.15, 0.2) is 5.96 Å². The van der Waals surface area contributed by atoms with Crippen LogP contribution in [0.2, 0.25) is 0 Å². The standard InChI is InChI=1S/C19H30N4S/c1-4-20-19(21-12-7-8-14-24-3)22-13-11-16-15(2)23-18-10-6-5-9-17(16)18/h5-6,9-10,23H,4,7-8,11-14H2,1-3H3,(H2,20,21,22). The SMILES string of the molecule is CCNC(=NCCCCSC)NCCc1c(C)[nH]c2ccccc12. The van der Waals surface area contributed by atoms with E-state index in [1.807, 2.05) is 11.8 Å². The first-order chi connectivity index (χ1) is 11.8. The van der Waals surface area contributed by atoms with E-state index < -0.39 is 0 Å². The fourth-order valence-corrected chi connectivity index (χ4v) is 3.35. The smallest absolute Gasteiger partial charge is 0.191 e. The lowest BCUT2D eigenvalue weighted by Crippen LogP contribution is -2.38. The van der Waals surface area contributed by atoms with E-state index in [4.69, 9.17) is 0 Å². The van der Waals surface area contributed by atoms with Crippen LogP contribution in [0.4, 0.5) is 0 Å². The number of aliphatic imine (C=N–C) groups is 1. The van der Waals surface area contributed by atoms with Crippen molar-refractivity contribution in [2.75, 3.05) is 31.6 Å². The number of thioether (sulfide) groups is 1. The Bertz CT molecular complexity index is 648. The van der Waals surface area contributed by atoms with Crippen LogP contribution in [0.5, 0.6) is 0 Å². The molecule has 0 aliphatic heterocycles. The highest BCUT2D eigenvalue weighted by molar-refractivity contribution is 7.98. The second kappa shape index (κ2) is 10.3. The number of guanidine groups is 1. The molecule has 2 rings (SSSR count). The number of aromatic nitrogens is 1. The third kappa shape index (κ3) is 5.48. The highest BCUT2D eigenvalue weighted by Gasteiger charge is 2.07. The summed E-state index contributed by atoms with van der Waals surface area (Å²) in [7, 11) is 0. The molecule has 0 amide bonds. The summed E-state index contributed by atoms with van der Waals surface area (Å²) in [6.07, 6.45) is 5.53. The summed E-state index contributed by atoms with van der Waals surface area (Å²) in [5.74, 6) is 2.15. The molecule has 0 aliphatic rings. The lowest BCUT2D eigenvalue weighted by molar-refractivity contribution is 0.770.